The van der Waals surface area contributed by atoms with Gasteiger partial charge in [-0.05, 0) is 39.2 Å². The third kappa shape index (κ3) is 13.3. The van der Waals surface area contributed by atoms with E-state index in [1.165, 1.54) is 0 Å². The highest BCUT2D eigenvalue weighted by Gasteiger charge is 2.48. The van der Waals surface area contributed by atoms with Crippen LogP contribution in [0.15, 0.2) is 11.8 Å². The van der Waals surface area contributed by atoms with Crippen LogP contribution in [-0.2, 0) is 52.5 Å². The number of carboxylic acids is 1. The van der Waals surface area contributed by atoms with Gasteiger partial charge in [0.15, 0.2) is 24.1 Å². The average Bonchev–Trinajstić information content (AvgIpc) is 2.83. The third-order valence-corrected chi connectivity index (χ3v) is 5.68. The van der Waals surface area contributed by atoms with E-state index < -0.39 is 96.2 Å². The smallest absolute Gasteiger partial charge is 0.408 e. The molecule has 1 heterocycles. The number of amides is 3. The zero-order valence-corrected chi connectivity index (χ0v) is 26.4. The molecule has 44 heavy (non-hydrogen) atoms. The molecule has 16 nitrogen and oxygen atoms in total. The summed E-state index contributed by atoms with van der Waals surface area (Å²) >= 11 is 0. The average molecular weight is 630 g/mol. The predicted octanol–water partition coefficient (Wildman–Crippen LogP) is 0.709. The van der Waals surface area contributed by atoms with Gasteiger partial charge in [0, 0.05) is 27.7 Å². The van der Waals surface area contributed by atoms with Crippen molar-refractivity contribution in [2.75, 3.05) is 6.61 Å². The molecule has 1 aliphatic heterocycles. The van der Waals surface area contributed by atoms with Crippen LogP contribution in [-0.4, -0.2) is 95.5 Å². The first kappa shape index (κ1) is 37.7. The standard InChI is InChI=1S/C28H43N3O13/c1-13(2)10-19(26(37)38)30-25(36)20-11-18(31-27(39)44-28(7,8)9)22(29-14(3)32)24(43-20)23(42-17(6)35)21(41-16(5)34)12-40-15(4)33/h11,13,18-19,21-24H,10,12H2,1-9H3,(H,29,32)(H,30,36)(H,31,39)(H,37,38)/t18-,19-,21+,22+,23+,24+/m0/s1. The first-order chi connectivity index (χ1) is 20.2. The number of carbonyl (C=O) groups is 7. The number of aliphatic carboxylic acids is 1. The third-order valence-electron chi connectivity index (χ3n) is 5.68. The van der Waals surface area contributed by atoms with Crippen molar-refractivity contribution in [2.45, 2.75) is 111 Å². The predicted molar refractivity (Wildman–Crippen MR) is 150 cm³/mol. The lowest BCUT2D eigenvalue weighted by Gasteiger charge is -2.42. The van der Waals surface area contributed by atoms with E-state index in [-0.39, 0.29) is 12.3 Å². The highest BCUT2D eigenvalue weighted by Crippen LogP contribution is 2.27. The van der Waals surface area contributed by atoms with Crippen molar-refractivity contribution in [1.29, 1.82) is 0 Å². The summed E-state index contributed by atoms with van der Waals surface area (Å²) in [5.74, 6) is -6.11. The van der Waals surface area contributed by atoms with E-state index in [0.717, 1.165) is 33.8 Å². The van der Waals surface area contributed by atoms with Crippen molar-refractivity contribution in [1.82, 2.24) is 16.0 Å². The van der Waals surface area contributed by atoms with Gasteiger partial charge in [-0.2, -0.15) is 0 Å². The number of carbonyl (C=O) groups excluding carboxylic acids is 6. The van der Waals surface area contributed by atoms with Gasteiger partial charge in [-0.25, -0.2) is 9.59 Å². The second-order valence-corrected chi connectivity index (χ2v) is 11.5. The van der Waals surface area contributed by atoms with E-state index in [2.05, 4.69) is 16.0 Å². The van der Waals surface area contributed by atoms with Crippen molar-refractivity contribution in [2.24, 2.45) is 5.92 Å². The minimum absolute atomic E-state index is 0.0683. The summed E-state index contributed by atoms with van der Waals surface area (Å²) in [7, 11) is 0. The Labute approximate surface area is 255 Å². The van der Waals surface area contributed by atoms with Crippen molar-refractivity contribution in [3.05, 3.63) is 11.8 Å². The summed E-state index contributed by atoms with van der Waals surface area (Å²) in [6.45, 7) is 12.0. The van der Waals surface area contributed by atoms with Gasteiger partial charge in [0.1, 0.15) is 18.2 Å². The second-order valence-electron chi connectivity index (χ2n) is 11.5. The molecule has 0 spiro atoms. The van der Waals surface area contributed by atoms with Crippen molar-refractivity contribution in [3.63, 3.8) is 0 Å². The molecule has 0 fully saturated rings. The molecule has 0 radical (unpaired) electrons. The lowest BCUT2D eigenvalue weighted by molar-refractivity contribution is -0.187. The summed E-state index contributed by atoms with van der Waals surface area (Å²) in [6, 6.07) is -3.91. The first-order valence-electron chi connectivity index (χ1n) is 13.9. The van der Waals surface area contributed by atoms with E-state index in [4.69, 9.17) is 23.7 Å². The maximum absolute atomic E-state index is 13.4. The van der Waals surface area contributed by atoms with Gasteiger partial charge in [0.2, 0.25) is 5.91 Å². The van der Waals surface area contributed by atoms with Crippen LogP contribution < -0.4 is 16.0 Å². The molecule has 6 atom stereocenters. The van der Waals surface area contributed by atoms with E-state index in [9.17, 15) is 38.7 Å². The fraction of sp³-hybridized carbons (Fsp3) is 0.679. The molecule has 0 aromatic carbocycles. The fourth-order valence-corrected chi connectivity index (χ4v) is 4.19. The molecule has 0 aromatic rings. The van der Waals surface area contributed by atoms with Crippen LogP contribution in [0.1, 0.15) is 68.7 Å². The topological polar surface area (TPSA) is 222 Å². The Balaban J connectivity index is 3.78. The molecule has 248 valence electrons. The molecule has 0 bridgehead atoms. The Kier molecular flexibility index (Phi) is 14.1. The molecule has 0 aliphatic carbocycles. The Morgan fingerprint density at radius 3 is 1.98 bits per heavy atom. The highest BCUT2D eigenvalue weighted by molar-refractivity contribution is 5.94. The molecule has 16 heteroatoms. The molecular weight excluding hydrogens is 586 g/mol. The van der Waals surface area contributed by atoms with Gasteiger partial charge in [-0.15, -0.1) is 0 Å². The van der Waals surface area contributed by atoms with Crippen LogP contribution in [0.3, 0.4) is 0 Å². The zero-order valence-electron chi connectivity index (χ0n) is 26.4. The van der Waals surface area contributed by atoms with E-state index >= 15 is 0 Å². The van der Waals surface area contributed by atoms with E-state index in [0.29, 0.717) is 0 Å². The molecule has 0 unspecified atom stereocenters. The molecule has 0 saturated carbocycles. The van der Waals surface area contributed by atoms with E-state index in [1.54, 1.807) is 34.6 Å². The van der Waals surface area contributed by atoms with Gasteiger partial charge in [-0.3, -0.25) is 24.0 Å². The van der Waals surface area contributed by atoms with Crippen molar-refractivity contribution < 1.29 is 62.4 Å². The Morgan fingerprint density at radius 2 is 1.52 bits per heavy atom. The summed E-state index contributed by atoms with van der Waals surface area (Å²) < 4.78 is 27.0. The minimum Gasteiger partial charge on any atom is -0.480 e. The van der Waals surface area contributed by atoms with Crippen LogP contribution in [0, 0.1) is 5.92 Å². The van der Waals surface area contributed by atoms with Gasteiger partial charge in [0.05, 0.1) is 12.1 Å². The maximum Gasteiger partial charge on any atom is 0.408 e. The van der Waals surface area contributed by atoms with Crippen molar-refractivity contribution >= 4 is 41.8 Å². The zero-order chi connectivity index (χ0) is 33.9. The maximum atomic E-state index is 13.4. The van der Waals surface area contributed by atoms with Crippen LogP contribution >= 0.6 is 0 Å². The monoisotopic (exact) mass is 629 g/mol. The Bertz CT molecular complexity index is 1130. The second kappa shape index (κ2) is 16.5. The lowest BCUT2D eigenvalue weighted by atomic mass is 9.91. The fourth-order valence-electron chi connectivity index (χ4n) is 4.19. The van der Waals surface area contributed by atoms with Gasteiger partial charge in [-0.1, -0.05) is 13.8 Å². The molecule has 3 amide bonds. The molecular formula is C28H43N3O13. The minimum atomic E-state index is -1.64. The number of nitrogens with one attached hydrogen (secondary N) is 3. The summed E-state index contributed by atoms with van der Waals surface area (Å²) in [5.41, 5.74) is -0.946. The van der Waals surface area contributed by atoms with Gasteiger partial charge in [0.25, 0.3) is 5.91 Å². The molecule has 0 saturated heterocycles. The Hall–Kier alpha value is -4.37. The number of hydrogen-bond acceptors (Lipinski definition) is 12. The summed E-state index contributed by atoms with van der Waals surface area (Å²) in [6.07, 6.45) is -4.50. The number of rotatable bonds is 13. The lowest BCUT2D eigenvalue weighted by Crippen LogP contribution is -2.65. The van der Waals surface area contributed by atoms with Crippen LogP contribution in [0.4, 0.5) is 4.79 Å². The SMILES string of the molecule is CC(=O)N[C@H]1[C@H]([C@H](OC(C)=O)[C@@H](COC(C)=O)OC(C)=O)OC(C(=O)N[C@@H](CC(C)C)C(=O)O)=C[C@@H]1NC(=O)OC(C)(C)C. The summed E-state index contributed by atoms with van der Waals surface area (Å²) in [4.78, 5) is 86.2. The number of esters is 3. The highest BCUT2D eigenvalue weighted by atomic mass is 16.6. The van der Waals surface area contributed by atoms with Gasteiger partial charge < -0.3 is 44.7 Å². The van der Waals surface area contributed by atoms with Crippen molar-refractivity contribution in [3.8, 4) is 0 Å². The van der Waals surface area contributed by atoms with Crippen LogP contribution in [0.2, 0.25) is 0 Å². The van der Waals surface area contributed by atoms with Gasteiger partial charge >= 0.3 is 30.0 Å². The van der Waals surface area contributed by atoms with Crippen LogP contribution in [0.5, 0.6) is 0 Å². The quantitative estimate of drug-likeness (QED) is 0.163. The molecule has 1 aliphatic rings. The number of alkyl carbamates (subject to hydrolysis) is 1. The first-order valence-corrected chi connectivity index (χ1v) is 13.9. The van der Waals surface area contributed by atoms with E-state index in [1.807, 2.05) is 0 Å². The molecule has 1 rings (SSSR count). The largest absolute Gasteiger partial charge is 0.480 e. The number of hydrogen-bond donors (Lipinski definition) is 4. The molecule has 4 N–H and O–H groups in total. The normalized spacial score (nSPS) is 20.0. The van der Waals surface area contributed by atoms with Crippen LogP contribution in [0.25, 0.3) is 0 Å². The molecule has 0 aromatic heterocycles. The summed E-state index contributed by atoms with van der Waals surface area (Å²) in [5, 5.41) is 17.1. The number of carboxylic acid groups (broad SMARTS) is 1. The number of ether oxygens (including phenoxy) is 5. The Morgan fingerprint density at radius 1 is 0.932 bits per heavy atom.